The standard InChI is InChI=1S/C19H15N3O3/c1-23-16-10-6-4-8-13(16)18-21-19(25-22-18)14-11-17(24-2)20-15-9-5-3-7-12(14)15/h3-11H,1-2H3. The molecule has 0 fully saturated rings. The van der Waals surface area contributed by atoms with Gasteiger partial charge in [0.15, 0.2) is 0 Å². The Hall–Kier alpha value is -3.41. The molecule has 6 heteroatoms. The van der Waals surface area contributed by atoms with Gasteiger partial charge in [0.1, 0.15) is 5.75 Å². The highest BCUT2D eigenvalue weighted by molar-refractivity contribution is 5.93. The van der Waals surface area contributed by atoms with Crippen molar-refractivity contribution >= 4 is 10.9 Å². The summed E-state index contributed by atoms with van der Waals surface area (Å²) in [4.78, 5) is 8.98. The van der Waals surface area contributed by atoms with Crippen LogP contribution in [0.2, 0.25) is 0 Å². The molecule has 2 aromatic heterocycles. The lowest BCUT2D eigenvalue weighted by atomic mass is 10.1. The highest BCUT2D eigenvalue weighted by Gasteiger charge is 2.17. The number of benzene rings is 2. The SMILES string of the molecule is COc1cc(-c2nc(-c3ccccc3OC)no2)c2ccccc2n1. The Morgan fingerprint density at radius 2 is 1.64 bits per heavy atom. The number of aromatic nitrogens is 3. The number of pyridine rings is 1. The van der Waals surface area contributed by atoms with Crippen LogP contribution in [0.1, 0.15) is 0 Å². The van der Waals surface area contributed by atoms with Crippen LogP contribution in [0.3, 0.4) is 0 Å². The van der Waals surface area contributed by atoms with E-state index in [1.54, 1.807) is 20.3 Å². The minimum Gasteiger partial charge on any atom is -0.496 e. The van der Waals surface area contributed by atoms with Crippen molar-refractivity contribution in [3.8, 4) is 34.5 Å². The molecule has 0 amide bonds. The van der Waals surface area contributed by atoms with Gasteiger partial charge in [0, 0.05) is 11.5 Å². The lowest BCUT2D eigenvalue weighted by molar-refractivity contribution is 0.398. The van der Waals surface area contributed by atoms with E-state index in [0.717, 1.165) is 22.0 Å². The largest absolute Gasteiger partial charge is 0.496 e. The van der Waals surface area contributed by atoms with Crippen molar-refractivity contribution in [3.05, 3.63) is 54.6 Å². The monoisotopic (exact) mass is 333 g/mol. The summed E-state index contributed by atoms with van der Waals surface area (Å²) < 4.78 is 16.2. The fraction of sp³-hybridized carbons (Fsp3) is 0.105. The molecule has 6 nitrogen and oxygen atoms in total. The van der Waals surface area contributed by atoms with Gasteiger partial charge in [0.25, 0.3) is 5.89 Å². The molecule has 2 heterocycles. The fourth-order valence-corrected chi connectivity index (χ4v) is 2.70. The summed E-state index contributed by atoms with van der Waals surface area (Å²) in [5, 5.41) is 5.02. The Bertz CT molecular complexity index is 1040. The predicted octanol–water partition coefficient (Wildman–Crippen LogP) is 3.97. The molecule has 0 N–H and O–H groups in total. The molecule has 0 saturated carbocycles. The summed E-state index contributed by atoms with van der Waals surface area (Å²) in [6.07, 6.45) is 0. The number of fused-ring (bicyclic) bond motifs is 1. The van der Waals surface area contributed by atoms with Crippen molar-refractivity contribution < 1.29 is 14.0 Å². The maximum absolute atomic E-state index is 5.51. The molecule has 2 aromatic carbocycles. The van der Waals surface area contributed by atoms with Crippen molar-refractivity contribution in [1.82, 2.24) is 15.1 Å². The van der Waals surface area contributed by atoms with E-state index in [9.17, 15) is 0 Å². The number of rotatable bonds is 4. The van der Waals surface area contributed by atoms with Gasteiger partial charge in [0.2, 0.25) is 11.7 Å². The van der Waals surface area contributed by atoms with E-state index in [2.05, 4.69) is 15.1 Å². The van der Waals surface area contributed by atoms with Crippen molar-refractivity contribution in [1.29, 1.82) is 0 Å². The molecular formula is C19H15N3O3. The average molecular weight is 333 g/mol. The number of ether oxygens (including phenoxy) is 2. The Kier molecular flexibility index (Phi) is 3.78. The van der Waals surface area contributed by atoms with Crippen molar-refractivity contribution in [2.24, 2.45) is 0 Å². The van der Waals surface area contributed by atoms with Gasteiger partial charge in [-0.2, -0.15) is 4.98 Å². The van der Waals surface area contributed by atoms with Gasteiger partial charge in [-0.25, -0.2) is 4.98 Å². The second-order valence-electron chi connectivity index (χ2n) is 5.35. The van der Waals surface area contributed by atoms with E-state index in [4.69, 9.17) is 14.0 Å². The van der Waals surface area contributed by atoms with Crippen molar-refractivity contribution in [3.63, 3.8) is 0 Å². The molecule has 124 valence electrons. The van der Waals surface area contributed by atoms with E-state index in [-0.39, 0.29) is 0 Å². The van der Waals surface area contributed by atoms with Gasteiger partial charge in [-0.1, -0.05) is 35.5 Å². The number of methoxy groups -OCH3 is 2. The maximum atomic E-state index is 5.51. The molecule has 0 aliphatic heterocycles. The summed E-state index contributed by atoms with van der Waals surface area (Å²) in [5.74, 6) is 2.04. The Labute approximate surface area is 144 Å². The molecule has 0 saturated heterocycles. The quantitative estimate of drug-likeness (QED) is 0.563. The smallest absolute Gasteiger partial charge is 0.259 e. The van der Waals surface area contributed by atoms with Gasteiger partial charge < -0.3 is 14.0 Å². The third-order valence-electron chi connectivity index (χ3n) is 3.91. The molecule has 0 aliphatic rings. The second kappa shape index (κ2) is 6.24. The zero-order valence-electron chi connectivity index (χ0n) is 13.8. The zero-order chi connectivity index (χ0) is 17.2. The van der Waals surface area contributed by atoms with Crippen LogP contribution in [0.15, 0.2) is 59.1 Å². The summed E-state index contributed by atoms with van der Waals surface area (Å²) >= 11 is 0. The van der Waals surface area contributed by atoms with Crippen LogP contribution in [0.25, 0.3) is 33.7 Å². The number of para-hydroxylation sites is 2. The molecule has 4 rings (SSSR count). The van der Waals surface area contributed by atoms with Crippen LogP contribution < -0.4 is 9.47 Å². The van der Waals surface area contributed by atoms with E-state index in [1.165, 1.54) is 0 Å². The third kappa shape index (κ3) is 2.67. The molecule has 0 spiro atoms. The van der Waals surface area contributed by atoms with Crippen molar-refractivity contribution in [2.75, 3.05) is 14.2 Å². The first kappa shape index (κ1) is 15.1. The molecule has 4 aromatic rings. The highest BCUT2D eigenvalue weighted by Crippen LogP contribution is 2.33. The van der Waals surface area contributed by atoms with E-state index in [1.807, 2.05) is 48.5 Å². The molecule has 25 heavy (non-hydrogen) atoms. The molecular weight excluding hydrogens is 318 g/mol. The molecule has 0 radical (unpaired) electrons. The summed E-state index contributed by atoms with van der Waals surface area (Å²) in [6.45, 7) is 0. The molecule has 0 aliphatic carbocycles. The summed E-state index contributed by atoms with van der Waals surface area (Å²) in [5.41, 5.74) is 2.34. The summed E-state index contributed by atoms with van der Waals surface area (Å²) in [7, 11) is 3.19. The van der Waals surface area contributed by atoms with Crippen LogP contribution in [-0.4, -0.2) is 29.3 Å². The fourth-order valence-electron chi connectivity index (χ4n) is 2.70. The van der Waals surface area contributed by atoms with Crippen LogP contribution in [0, 0.1) is 0 Å². The Balaban J connectivity index is 1.87. The van der Waals surface area contributed by atoms with Crippen LogP contribution >= 0.6 is 0 Å². The van der Waals surface area contributed by atoms with Crippen LogP contribution in [0.5, 0.6) is 11.6 Å². The van der Waals surface area contributed by atoms with E-state index >= 15 is 0 Å². The summed E-state index contributed by atoms with van der Waals surface area (Å²) in [6, 6.07) is 17.1. The van der Waals surface area contributed by atoms with Gasteiger partial charge >= 0.3 is 0 Å². The first-order chi connectivity index (χ1) is 12.3. The van der Waals surface area contributed by atoms with E-state index < -0.39 is 0 Å². The van der Waals surface area contributed by atoms with Crippen LogP contribution in [-0.2, 0) is 0 Å². The van der Waals surface area contributed by atoms with E-state index in [0.29, 0.717) is 23.3 Å². The first-order valence-corrected chi connectivity index (χ1v) is 7.71. The minimum atomic E-state index is 0.401. The lowest BCUT2D eigenvalue weighted by Crippen LogP contribution is -1.91. The maximum Gasteiger partial charge on any atom is 0.259 e. The number of hydrogen-bond donors (Lipinski definition) is 0. The second-order valence-corrected chi connectivity index (χ2v) is 5.35. The highest BCUT2D eigenvalue weighted by atomic mass is 16.5. The van der Waals surface area contributed by atoms with Gasteiger partial charge in [-0.05, 0) is 18.2 Å². The Morgan fingerprint density at radius 3 is 2.48 bits per heavy atom. The lowest BCUT2D eigenvalue weighted by Gasteiger charge is -2.05. The number of hydrogen-bond acceptors (Lipinski definition) is 6. The number of nitrogens with zero attached hydrogens (tertiary/aromatic N) is 3. The van der Waals surface area contributed by atoms with Crippen LogP contribution in [0.4, 0.5) is 0 Å². The molecule has 0 atom stereocenters. The van der Waals surface area contributed by atoms with Gasteiger partial charge in [0.05, 0.1) is 30.9 Å². The van der Waals surface area contributed by atoms with Gasteiger partial charge in [-0.15, -0.1) is 0 Å². The molecule has 0 unspecified atom stereocenters. The zero-order valence-corrected chi connectivity index (χ0v) is 13.8. The molecule has 0 bridgehead atoms. The average Bonchev–Trinajstić information content (AvgIpc) is 3.16. The van der Waals surface area contributed by atoms with Crippen molar-refractivity contribution in [2.45, 2.75) is 0 Å². The third-order valence-corrected chi connectivity index (χ3v) is 3.91. The Morgan fingerprint density at radius 1 is 0.840 bits per heavy atom. The van der Waals surface area contributed by atoms with Gasteiger partial charge in [-0.3, -0.25) is 0 Å². The normalized spacial score (nSPS) is 10.8. The minimum absolute atomic E-state index is 0.401. The predicted molar refractivity (Wildman–Crippen MR) is 93.6 cm³/mol. The first-order valence-electron chi connectivity index (χ1n) is 7.71. The topological polar surface area (TPSA) is 70.3 Å².